The summed E-state index contributed by atoms with van der Waals surface area (Å²) in [6, 6.07) is 8.61. The first-order chi connectivity index (χ1) is 26.0. The summed E-state index contributed by atoms with van der Waals surface area (Å²) in [5, 5.41) is 5.90. The molecule has 276 valence electrons. The van der Waals surface area contributed by atoms with E-state index in [1.807, 2.05) is 35.1 Å². The average Bonchev–Trinajstić information content (AvgIpc) is 3.92. The van der Waals surface area contributed by atoms with Crippen LogP contribution in [0, 0.1) is 5.92 Å². The van der Waals surface area contributed by atoms with Crippen LogP contribution >= 0.6 is 21.6 Å². The normalized spacial score (nSPS) is 18.4. The van der Waals surface area contributed by atoms with Gasteiger partial charge in [0.05, 0.1) is 11.6 Å². The fraction of sp³-hybridized carbons (Fsp3) is 0.372. The number of likely N-dealkylation sites (tertiary alicyclic amines) is 1. The molecule has 8 nitrogen and oxygen atoms in total. The van der Waals surface area contributed by atoms with Crippen molar-refractivity contribution >= 4 is 57.6 Å². The molecular weight excluding hydrogens is 697 g/mol. The third-order valence-corrected chi connectivity index (χ3v) is 11.5. The van der Waals surface area contributed by atoms with E-state index in [1.54, 1.807) is 33.9 Å². The smallest absolute Gasteiger partial charge is 0.286 e. The topological polar surface area (TPSA) is 80.1 Å². The number of rotatable bonds is 18. The van der Waals surface area contributed by atoms with Gasteiger partial charge in [0.2, 0.25) is 12.5 Å². The summed E-state index contributed by atoms with van der Waals surface area (Å²) in [4.78, 5) is 33.7. The van der Waals surface area contributed by atoms with Crippen LogP contribution < -0.4 is 15.5 Å². The van der Waals surface area contributed by atoms with E-state index < -0.39 is 0 Å². The molecule has 0 radical (unpaired) electrons. The second kappa shape index (κ2) is 21.8. The van der Waals surface area contributed by atoms with E-state index in [2.05, 4.69) is 105 Å². The molecule has 3 aliphatic heterocycles. The van der Waals surface area contributed by atoms with Crippen LogP contribution in [-0.2, 0) is 9.59 Å². The van der Waals surface area contributed by atoms with Crippen LogP contribution in [-0.4, -0.2) is 97.6 Å². The van der Waals surface area contributed by atoms with Gasteiger partial charge in [-0.15, -0.1) is 5.73 Å². The van der Waals surface area contributed by atoms with Crippen LogP contribution in [0.25, 0.3) is 6.08 Å². The van der Waals surface area contributed by atoms with Gasteiger partial charge >= 0.3 is 0 Å². The highest BCUT2D eigenvalue weighted by atomic mass is 33.1. The van der Waals surface area contributed by atoms with E-state index in [-0.39, 0.29) is 30.8 Å². The van der Waals surface area contributed by atoms with Gasteiger partial charge in [0.15, 0.2) is 12.4 Å². The second-order valence-corrected chi connectivity index (χ2v) is 15.8. The number of carbonyl (C=O) groups excluding carboxylic acids is 2. The summed E-state index contributed by atoms with van der Waals surface area (Å²) in [5.74, 6) is 1.56. The van der Waals surface area contributed by atoms with Gasteiger partial charge in [-0.1, -0.05) is 64.3 Å². The summed E-state index contributed by atoms with van der Waals surface area (Å²) >= 11 is 0. The Morgan fingerprint density at radius 2 is 1.66 bits per heavy atom. The maximum absolute atomic E-state index is 12.5. The molecule has 2 amide bonds. The number of nitrogens with one attached hydrogen (secondary N) is 2. The lowest BCUT2D eigenvalue weighted by atomic mass is 10.0. The zero-order valence-electron chi connectivity index (χ0n) is 30.8. The van der Waals surface area contributed by atoms with E-state index >= 15 is 0 Å². The van der Waals surface area contributed by atoms with E-state index in [1.165, 1.54) is 31.4 Å². The molecule has 1 aromatic rings. The van der Waals surface area contributed by atoms with Crippen LogP contribution in [0.3, 0.4) is 0 Å². The van der Waals surface area contributed by atoms with Gasteiger partial charge in [0, 0.05) is 79.9 Å². The third kappa shape index (κ3) is 13.7. The van der Waals surface area contributed by atoms with E-state index in [9.17, 15) is 9.59 Å². The van der Waals surface area contributed by atoms with Gasteiger partial charge in [-0.3, -0.25) is 14.6 Å². The molecule has 2 N–H and O–H groups in total. The quantitative estimate of drug-likeness (QED) is 0.0438. The second-order valence-electron chi connectivity index (χ2n) is 13.1. The van der Waals surface area contributed by atoms with Crippen molar-refractivity contribution in [3.05, 3.63) is 125 Å². The predicted octanol–water partition coefficient (Wildman–Crippen LogP) is 6.66. The lowest BCUT2D eigenvalue weighted by molar-refractivity contribution is -0.443. The Hall–Kier alpha value is -4.68. The Morgan fingerprint density at radius 3 is 2.32 bits per heavy atom. The number of carbonyl (C=O) groups is 2. The van der Waals surface area contributed by atoms with Crippen molar-refractivity contribution in [3.63, 3.8) is 0 Å². The molecule has 0 aromatic heterocycles. The van der Waals surface area contributed by atoms with Crippen molar-refractivity contribution in [2.45, 2.75) is 32.6 Å². The molecule has 53 heavy (non-hydrogen) atoms. The van der Waals surface area contributed by atoms with Gasteiger partial charge < -0.3 is 20.4 Å². The van der Waals surface area contributed by atoms with Crippen molar-refractivity contribution in [2.24, 2.45) is 10.9 Å². The van der Waals surface area contributed by atoms with Crippen LogP contribution in [0.15, 0.2) is 124 Å². The van der Waals surface area contributed by atoms with Gasteiger partial charge in [0.1, 0.15) is 6.54 Å². The van der Waals surface area contributed by atoms with Crippen molar-refractivity contribution in [3.8, 4) is 0 Å². The Labute approximate surface area is 323 Å². The molecule has 2 saturated heterocycles. The lowest BCUT2D eigenvalue weighted by Crippen LogP contribution is -2.33. The molecule has 1 unspecified atom stereocenters. The molecule has 0 spiro atoms. The molecule has 1 aromatic carbocycles. The Kier molecular flexibility index (Phi) is 16.2. The van der Waals surface area contributed by atoms with Crippen molar-refractivity contribution < 1.29 is 14.2 Å². The summed E-state index contributed by atoms with van der Waals surface area (Å²) in [6.45, 7) is 12.0. The lowest BCUT2D eigenvalue weighted by Gasteiger charge is -2.17. The zero-order valence-corrected chi connectivity index (χ0v) is 32.4. The number of hydrogen-bond acceptors (Lipinski definition) is 7. The third-order valence-electron chi connectivity index (χ3n) is 9.05. The molecule has 0 bridgehead atoms. The molecule has 5 rings (SSSR count). The summed E-state index contributed by atoms with van der Waals surface area (Å²) in [7, 11) is 3.35. The van der Waals surface area contributed by atoms with Crippen molar-refractivity contribution in [2.75, 3.05) is 68.8 Å². The SMILES string of the molecule is C=CC(/C=C/c1ccc(N2CCCC2)cc1)=C\C=NCC(=O)NCCSSCCNC(=O)C[N+]1=CC(C)C(=C=CC2=C=C=C(N3CCCC3)C=C2)C=C1. The molecule has 0 saturated carbocycles. The molecule has 1 atom stereocenters. The summed E-state index contributed by atoms with van der Waals surface area (Å²) in [5.41, 5.74) is 16.4. The number of benzene rings is 1. The highest BCUT2D eigenvalue weighted by molar-refractivity contribution is 8.76. The minimum absolute atomic E-state index is 0.0173. The highest BCUT2D eigenvalue weighted by Crippen LogP contribution is 2.22. The first-order valence-corrected chi connectivity index (χ1v) is 21.0. The van der Waals surface area contributed by atoms with Crippen LogP contribution in [0.1, 0.15) is 38.2 Å². The number of allylic oxidation sites excluding steroid dienone is 9. The number of hydrogen-bond donors (Lipinski definition) is 2. The first kappa shape index (κ1) is 39.5. The number of aliphatic imine (C=N–C) groups is 1. The minimum Gasteiger partial charge on any atom is -0.372 e. The summed E-state index contributed by atoms with van der Waals surface area (Å²) < 4.78 is 1.92. The van der Waals surface area contributed by atoms with Gasteiger partial charge in [-0.2, -0.15) is 4.58 Å². The molecule has 10 heteroatoms. The zero-order chi connectivity index (χ0) is 37.1. The van der Waals surface area contributed by atoms with Crippen molar-refractivity contribution in [1.29, 1.82) is 0 Å². The minimum atomic E-state index is -0.113. The summed E-state index contributed by atoms with van der Waals surface area (Å²) in [6.07, 6.45) is 26.5. The maximum atomic E-state index is 12.5. The Morgan fingerprint density at radius 1 is 0.962 bits per heavy atom. The van der Waals surface area contributed by atoms with E-state index in [4.69, 9.17) is 0 Å². The number of anilines is 1. The standard InChI is InChI=1S/C43H50N6O2S2/c1-3-36(8-9-37-11-16-40(17-12-37)48-25-4-5-26-48)20-22-44-32-42(50)45-23-30-52-53-31-24-46-43(51)34-47-29-21-39(35(2)33-47)15-10-38-13-18-41(19-14-38)49-27-6-7-28-49/h3,8-13,16-18,20-22,29,33,35H,1,4-7,23-28,30-32,34H2,2H3,(H-,45,46,50,51)/p+1/b9-8+,36-20+,44-22?. The fourth-order valence-corrected chi connectivity index (χ4v) is 7.91. The van der Waals surface area contributed by atoms with E-state index in [0.717, 1.165) is 65.7 Å². The van der Waals surface area contributed by atoms with Crippen LogP contribution in [0.2, 0.25) is 0 Å². The molecule has 2 fully saturated rings. The number of nitrogens with zero attached hydrogens (tertiary/aromatic N) is 4. The fourth-order valence-electron chi connectivity index (χ4n) is 6.10. The van der Waals surface area contributed by atoms with Crippen LogP contribution in [0.5, 0.6) is 0 Å². The van der Waals surface area contributed by atoms with Gasteiger partial charge in [-0.05, 0) is 85.9 Å². The molecule has 4 aliphatic rings. The van der Waals surface area contributed by atoms with Gasteiger partial charge in [-0.25, -0.2) is 0 Å². The highest BCUT2D eigenvalue weighted by Gasteiger charge is 2.18. The Balaban J connectivity index is 0.898. The molecular formula is C43H51N6O2S2+. The number of amides is 2. The van der Waals surface area contributed by atoms with Gasteiger partial charge in [0.25, 0.3) is 5.91 Å². The largest absolute Gasteiger partial charge is 0.372 e. The molecule has 1 aliphatic carbocycles. The van der Waals surface area contributed by atoms with Crippen molar-refractivity contribution in [1.82, 2.24) is 15.5 Å². The monoisotopic (exact) mass is 747 g/mol. The molecule has 3 heterocycles. The maximum Gasteiger partial charge on any atom is 0.286 e. The van der Waals surface area contributed by atoms with E-state index in [0.29, 0.717) is 13.1 Å². The first-order valence-electron chi connectivity index (χ1n) is 18.5. The average molecular weight is 748 g/mol. The Bertz CT molecular complexity index is 1820. The predicted molar refractivity (Wildman–Crippen MR) is 225 cm³/mol. The van der Waals surface area contributed by atoms with Crippen LogP contribution in [0.4, 0.5) is 5.69 Å².